The van der Waals surface area contributed by atoms with Crippen LogP contribution < -0.4 is 5.32 Å². The Hall–Kier alpha value is -1.96. The molecule has 0 atom stereocenters. The molecule has 2 aromatic rings. The van der Waals surface area contributed by atoms with E-state index in [1.54, 1.807) is 0 Å². The fraction of sp³-hybridized carbons (Fsp3) is 0. The number of hydrogen-bond acceptors (Lipinski definition) is 2. The van der Waals surface area contributed by atoms with Gasteiger partial charge < -0.3 is 5.32 Å². The van der Waals surface area contributed by atoms with Crippen molar-refractivity contribution in [3.05, 3.63) is 57.8 Å². The first kappa shape index (κ1) is 14.4. The largest absolute Gasteiger partial charge is 0.319 e. The number of nitrogens with one attached hydrogen (secondary N) is 1. The Labute approximate surface area is 118 Å². The molecule has 0 aliphatic rings. The van der Waals surface area contributed by atoms with Crippen LogP contribution in [0.5, 0.6) is 0 Å². The summed E-state index contributed by atoms with van der Waals surface area (Å²) in [5.74, 6) is -5.79. The predicted octanol–water partition coefficient (Wildman–Crippen LogP) is 3.65. The quantitative estimate of drug-likeness (QED) is 0.511. The first-order chi connectivity index (χ1) is 9.40. The van der Waals surface area contributed by atoms with Crippen LogP contribution in [-0.2, 0) is 0 Å². The number of pyridine rings is 1. The van der Waals surface area contributed by atoms with Crippen LogP contribution in [0, 0.1) is 23.4 Å². The maximum Gasteiger partial charge on any atom is 0.258 e. The zero-order chi connectivity index (χ0) is 14.9. The van der Waals surface area contributed by atoms with Crippen LogP contribution in [0.25, 0.3) is 0 Å². The second-order valence-corrected chi connectivity index (χ2v) is 4.52. The highest BCUT2D eigenvalue weighted by atomic mass is 79.9. The van der Waals surface area contributed by atoms with E-state index in [4.69, 9.17) is 0 Å². The van der Waals surface area contributed by atoms with E-state index in [0.29, 0.717) is 6.07 Å². The van der Waals surface area contributed by atoms with Crippen LogP contribution in [-0.4, -0.2) is 10.9 Å². The molecule has 0 bridgehead atoms. The Morgan fingerprint density at radius 1 is 1.15 bits per heavy atom. The van der Waals surface area contributed by atoms with Crippen LogP contribution in [0.15, 0.2) is 28.9 Å². The molecule has 0 spiro atoms. The Morgan fingerprint density at radius 2 is 1.85 bits per heavy atom. The van der Waals surface area contributed by atoms with Crippen LogP contribution >= 0.6 is 15.9 Å². The molecule has 0 aliphatic carbocycles. The molecule has 20 heavy (non-hydrogen) atoms. The molecule has 1 heterocycles. The van der Waals surface area contributed by atoms with E-state index in [0.717, 1.165) is 18.3 Å². The van der Waals surface area contributed by atoms with Gasteiger partial charge in [-0.1, -0.05) is 0 Å². The van der Waals surface area contributed by atoms with E-state index in [1.807, 2.05) is 5.32 Å². The number of rotatable bonds is 2. The van der Waals surface area contributed by atoms with Gasteiger partial charge in [-0.2, -0.15) is 4.39 Å². The second-order valence-electron chi connectivity index (χ2n) is 3.66. The highest BCUT2D eigenvalue weighted by molar-refractivity contribution is 9.10. The van der Waals surface area contributed by atoms with Crippen molar-refractivity contribution >= 4 is 27.5 Å². The zero-order valence-corrected chi connectivity index (χ0v) is 11.1. The number of benzene rings is 1. The second kappa shape index (κ2) is 5.58. The van der Waals surface area contributed by atoms with Gasteiger partial charge in [-0.05, 0) is 28.1 Å². The summed E-state index contributed by atoms with van der Waals surface area (Å²) in [5, 5.41) is 1.95. The molecule has 0 unspecified atom stereocenters. The minimum Gasteiger partial charge on any atom is -0.319 e. The van der Waals surface area contributed by atoms with Crippen LogP contribution in [0.1, 0.15) is 10.4 Å². The van der Waals surface area contributed by atoms with Gasteiger partial charge in [0.15, 0.2) is 5.82 Å². The molecule has 2 rings (SSSR count). The fourth-order valence-electron chi connectivity index (χ4n) is 1.40. The van der Waals surface area contributed by atoms with Crippen molar-refractivity contribution in [2.75, 3.05) is 5.32 Å². The summed E-state index contributed by atoms with van der Waals surface area (Å²) in [6.07, 6.45) is 0.881. The standard InChI is InChI=1S/C12H5BrF4N2O/c13-6-3-8(15)9(4-7(6)14)19-12(20)5-1-2-18-11(17)10(5)16/h1-4H,(H,19,20). The van der Waals surface area contributed by atoms with Gasteiger partial charge in [-0.25, -0.2) is 18.2 Å². The van der Waals surface area contributed by atoms with E-state index < -0.39 is 40.6 Å². The van der Waals surface area contributed by atoms with Gasteiger partial charge >= 0.3 is 0 Å². The number of amides is 1. The molecule has 0 aliphatic heterocycles. The van der Waals surface area contributed by atoms with Gasteiger partial charge in [0, 0.05) is 12.3 Å². The molecule has 1 N–H and O–H groups in total. The van der Waals surface area contributed by atoms with Crippen molar-refractivity contribution in [1.82, 2.24) is 4.98 Å². The lowest BCUT2D eigenvalue weighted by Gasteiger charge is -2.08. The molecule has 1 amide bonds. The summed E-state index contributed by atoms with van der Waals surface area (Å²) in [7, 11) is 0. The summed E-state index contributed by atoms with van der Waals surface area (Å²) in [6, 6.07) is 2.43. The lowest BCUT2D eigenvalue weighted by Crippen LogP contribution is -2.16. The molecule has 0 fully saturated rings. The van der Waals surface area contributed by atoms with Crippen LogP contribution in [0.4, 0.5) is 23.2 Å². The number of anilines is 1. The van der Waals surface area contributed by atoms with E-state index in [9.17, 15) is 22.4 Å². The maximum atomic E-state index is 13.5. The molecule has 0 saturated carbocycles. The van der Waals surface area contributed by atoms with Gasteiger partial charge in [0.25, 0.3) is 5.91 Å². The van der Waals surface area contributed by atoms with Gasteiger partial charge in [-0.3, -0.25) is 4.79 Å². The SMILES string of the molecule is O=C(Nc1cc(F)c(Br)cc1F)c1ccnc(F)c1F. The number of aromatic nitrogens is 1. The highest BCUT2D eigenvalue weighted by Crippen LogP contribution is 2.24. The van der Waals surface area contributed by atoms with Crippen molar-refractivity contribution < 1.29 is 22.4 Å². The Balaban J connectivity index is 2.33. The summed E-state index contributed by atoms with van der Waals surface area (Å²) >= 11 is 2.77. The third-order valence-corrected chi connectivity index (χ3v) is 2.96. The maximum absolute atomic E-state index is 13.5. The lowest BCUT2D eigenvalue weighted by molar-refractivity contribution is 0.102. The van der Waals surface area contributed by atoms with Crippen molar-refractivity contribution in [3.63, 3.8) is 0 Å². The molecule has 3 nitrogen and oxygen atoms in total. The normalized spacial score (nSPS) is 10.4. The molecule has 1 aromatic carbocycles. The zero-order valence-electron chi connectivity index (χ0n) is 9.55. The highest BCUT2D eigenvalue weighted by Gasteiger charge is 2.18. The Bertz CT molecular complexity index is 693. The van der Waals surface area contributed by atoms with Crippen molar-refractivity contribution in [2.24, 2.45) is 0 Å². The number of carbonyl (C=O) groups is 1. The lowest BCUT2D eigenvalue weighted by atomic mass is 10.2. The molecule has 0 saturated heterocycles. The van der Waals surface area contributed by atoms with Crippen molar-refractivity contribution in [3.8, 4) is 0 Å². The summed E-state index contributed by atoms with van der Waals surface area (Å²) in [6.45, 7) is 0. The third-order valence-electron chi connectivity index (χ3n) is 2.35. The molecule has 1 aromatic heterocycles. The molecular formula is C12H5BrF4N2O. The summed E-state index contributed by atoms with van der Waals surface area (Å²) in [4.78, 5) is 14.7. The minimum atomic E-state index is -1.47. The van der Waals surface area contributed by atoms with Crippen molar-refractivity contribution in [2.45, 2.75) is 0 Å². The molecule has 104 valence electrons. The van der Waals surface area contributed by atoms with Crippen LogP contribution in [0.2, 0.25) is 0 Å². The first-order valence-corrected chi connectivity index (χ1v) is 5.95. The van der Waals surface area contributed by atoms with E-state index in [1.165, 1.54) is 0 Å². The molecule has 8 heteroatoms. The first-order valence-electron chi connectivity index (χ1n) is 5.16. The number of nitrogens with zero attached hydrogens (tertiary/aromatic N) is 1. The monoisotopic (exact) mass is 348 g/mol. The topological polar surface area (TPSA) is 42.0 Å². The summed E-state index contributed by atoms with van der Waals surface area (Å²) < 4.78 is 52.8. The smallest absolute Gasteiger partial charge is 0.258 e. The fourth-order valence-corrected chi connectivity index (χ4v) is 1.72. The number of halogens is 5. The molecular weight excluding hydrogens is 344 g/mol. The average molecular weight is 349 g/mol. The van der Waals surface area contributed by atoms with Gasteiger partial charge in [0.2, 0.25) is 5.95 Å². The minimum absolute atomic E-state index is 0.130. The number of hydrogen-bond donors (Lipinski definition) is 1. The predicted molar refractivity (Wildman–Crippen MR) is 66.2 cm³/mol. The van der Waals surface area contributed by atoms with Crippen molar-refractivity contribution in [1.29, 1.82) is 0 Å². The summed E-state index contributed by atoms with van der Waals surface area (Å²) in [5.41, 5.74) is -1.16. The Morgan fingerprint density at radius 3 is 2.55 bits per heavy atom. The Kier molecular flexibility index (Phi) is 4.03. The van der Waals surface area contributed by atoms with E-state index in [2.05, 4.69) is 20.9 Å². The average Bonchev–Trinajstić information content (AvgIpc) is 2.39. The van der Waals surface area contributed by atoms with Gasteiger partial charge in [0.05, 0.1) is 15.7 Å². The van der Waals surface area contributed by atoms with Gasteiger partial charge in [0.1, 0.15) is 11.6 Å². The third kappa shape index (κ3) is 2.79. The number of carbonyl (C=O) groups excluding carboxylic acids is 1. The van der Waals surface area contributed by atoms with E-state index in [-0.39, 0.29) is 4.47 Å². The van der Waals surface area contributed by atoms with E-state index >= 15 is 0 Å². The van der Waals surface area contributed by atoms with Gasteiger partial charge in [-0.15, -0.1) is 0 Å². The van der Waals surface area contributed by atoms with Crippen LogP contribution in [0.3, 0.4) is 0 Å². The molecule has 0 radical (unpaired) electrons.